The minimum Gasteiger partial charge on any atom is -0.389 e. The van der Waals surface area contributed by atoms with E-state index in [0.717, 1.165) is 0 Å². The quantitative estimate of drug-likeness (QED) is 0.685. The van der Waals surface area contributed by atoms with Gasteiger partial charge in [-0.3, -0.25) is 0 Å². The van der Waals surface area contributed by atoms with Gasteiger partial charge in [-0.2, -0.15) is 4.39 Å². The smallest absolute Gasteiger partial charge is 0.214 e. The van der Waals surface area contributed by atoms with Crippen molar-refractivity contribution in [2.75, 3.05) is 25.6 Å². The van der Waals surface area contributed by atoms with Crippen LogP contribution in [0.15, 0.2) is 18.2 Å². The Morgan fingerprint density at radius 2 is 2.43 bits per heavy atom. The molecule has 1 rings (SSSR count). The van der Waals surface area contributed by atoms with E-state index in [1.807, 2.05) is 0 Å². The highest BCUT2D eigenvalue weighted by Gasteiger charge is 2.03. The molecule has 4 nitrogen and oxygen atoms in total. The molecule has 1 aromatic heterocycles. The van der Waals surface area contributed by atoms with Crippen LogP contribution in [0.3, 0.4) is 0 Å². The Kier molecular flexibility index (Phi) is 4.28. The summed E-state index contributed by atoms with van der Waals surface area (Å²) >= 11 is 0. The molecule has 2 N–H and O–H groups in total. The maximum Gasteiger partial charge on any atom is 0.214 e. The number of anilines is 1. The Morgan fingerprint density at radius 3 is 3.07 bits per heavy atom. The van der Waals surface area contributed by atoms with Crippen LogP contribution in [0.25, 0.3) is 0 Å². The van der Waals surface area contributed by atoms with E-state index in [0.29, 0.717) is 5.82 Å². The van der Waals surface area contributed by atoms with Crippen molar-refractivity contribution >= 4 is 5.82 Å². The first kappa shape index (κ1) is 10.9. The zero-order chi connectivity index (χ0) is 10.4. The lowest BCUT2D eigenvalue weighted by molar-refractivity contribution is 0.0727. The van der Waals surface area contributed by atoms with Crippen molar-refractivity contribution in [3.05, 3.63) is 24.1 Å². The van der Waals surface area contributed by atoms with Gasteiger partial charge in [-0.25, -0.2) is 4.98 Å². The maximum absolute atomic E-state index is 12.6. The molecule has 1 unspecified atom stereocenters. The first-order chi connectivity index (χ1) is 6.72. The van der Waals surface area contributed by atoms with Gasteiger partial charge in [0.05, 0.1) is 12.7 Å². The molecule has 14 heavy (non-hydrogen) atoms. The number of halogens is 1. The lowest BCUT2D eigenvalue weighted by Gasteiger charge is -2.10. The van der Waals surface area contributed by atoms with E-state index in [2.05, 4.69) is 10.3 Å². The predicted octanol–water partition coefficient (Wildman–Crippen LogP) is 0.640. The van der Waals surface area contributed by atoms with Crippen LogP contribution in [0.2, 0.25) is 0 Å². The van der Waals surface area contributed by atoms with Gasteiger partial charge in [0.2, 0.25) is 5.95 Å². The highest BCUT2D eigenvalue weighted by atomic mass is 19.1. The number of nitrogens with zero attached hydrogens (tertiary/aromatic N) is 1. The summed E-state index contributed by atoms with van der Waals surface area (Å²) in [5.41, 5.74) is 0. The second-order valence-electron chi connectivity index (χ2n) is 2.84. The molecule has 0 radical (unpaired) electrons. The monoisotopic (exact) mass is 200 g/mol. The fourth-order valence-corrected chi connectivity index (χ4v) is 0.980. The molecule has 1 heterocycles. The van der Waals surface area contributed by atoms with Crippen LogP contribution in [-0.2, 0) is 4.74 Å². The summed E-state index contributed by atoms with van der Waals surface area (Å²) in [5, 5.41) is 12.1. The zero-order valence-electron chi connectivity index (χ0n) is 7.90. The molecular weight excluding hydrogens is 187 g/mol. The molecule has 0 aliphatic heterocycles. The van der Waals surface area contributed by atoms with E-state index < -0.39 is 12.1 Å². The molecule has 0 spiro atoms. The minimum atomic E-state index is -0.620. The summed E-state index contributed by atoms with van der Waals surface area (Å²) in [5.74, 6) is -0.142. The van der Waals surface area contributed by atoms with Gasteiger partial charge in [-0.05, 0) is 12.1 Å². The van der Waals surface area contributed by atoms with Gasteiger partial charge < -0.3 is 15.2 Å². The Morgan fingerprint density at radius 1 is 1.64 bits per heavy atom. The average Bonchev–Trinajstić information content (AvgIpc) is 2.15. The molecule has 78 valence electrons. The van der Waals surface area contributed by atoms with Crippen molar-refractivity contribution in [3.8, 4) is 0 Å². The Labute approximate surface area is 81.7 Å². The van der Waals surface area contributed by atoms with E-state index in [4.69, 9.17) is 4.74 Å². The van der Waals surface area contributed by atoms with Crippen molar-refractivity contribution in [2.24, 2.45) is 0 Å². The average molecular weight is 200 g/mol. The second kappa shape index (κ2) is 5.51. The normalized spacial score (nSPS) is 12.5. The van der Waals surface area contributed by atoms with Gasteiger partial charge in [0.1, 0.15) is 5.82 Å². The summed E-state index contributed by atoms with van der Waals surface area (Å²) in [4.78, 5) is 3.58. The van der Waals surface area contributed by atoms with Gasteiger partial charge in [-0.1, -0.05) is 6.07 Å². The second-order valence-corrected chi connectivity index (χ2v) is 2.84. The van der Waals surface area contributed by atoms with Crippen molar-refractivity contribution < 1.29 is 14.2 Å². The number of aliphatic hydroxyl groups is 1. The number of hydrogen-bond acceptors (Lipinski definition) is 4. The molecular formula is C9H13FN2O2. The van der Waals surface area contributed by atoms with Gasteiger partial charge in [0.25, 0.3) is 0 Å². The fourth-order valence-electron chi connectivity index (χ4n) is 0.980. The largest absolute Gasteiger partial charge is 0.389 e. The van der Waals surface area contributed by atoms with E-state index in [9.17, 15) is 9.50 Å². The molecule has 0 aromatic carbocycles. The van der Waals surface area contributed by atoms with Gasteiger partial charge in [0, 0.05) is 13.7 Å². The zero-order valence-corrected chi connectivity index (χ0v) is 7.90. The summed E-state index contributed by atoms with van der Waals surface area (Å²) in [6.45, 7) is 0.520. The van der Waals surface area contributed by atoms with E-state index in [-0.39, 0.29) is 13.2 Å². The minimum absolute atomic E-state index is 0.238. The van der Waals surface area contributed by atoms with Crippen LogP contribution in [0.4, 0.5) is 10.2 Å². The van der Waals surface area contributed by atoms with Crippen LogP contribution in [0, 0.1) is 5.95 Å². The topological polar surface area (TPSA) is 54.4 Å². The summed E-state index contributed by atoms with van der Waals surface area (Å²) in [7, 11) is 1.50. The van der Waals surface area contributed by atoms with Crippen molar-refractivity contribution in [2.45, 2.75) is 6.10 Å². The molecule has 0 fully saturated rings. The molecule has 0 aliphatic carbocycles. The van der Waals surface area contributed by atoms with Crippen molar-refractivity contribution in [1.82, 2.24) is 4.98 Å². The van der Waals surface area contributed by atoms with Gasteiger partial charge in [-0.15, -0.1) is 0 Å². The Hall–Kier alpha value is -1.20. The lowest BCUT2D eigenvalue weighted by atomic mass is 10.3. The molecule has 1 aromatic rings. The van der Waals surface area contributed by atoms with Gasteiger partial charge >= 0.3 is 0 Å². The fraction of sp³-hybridized carbons (Fsp3) is 0.444. The van der Waals surface area contributed by atoms with Crippen LogP contribution >= 0.6 is 0 Å². The third kappa shape index (κ3) is 3.68. The third-order valence-corrected chi connectivity index (χ3v) is 1.59. The third-order valence-electron chi connectivity index (χ3n) is 1.59. The van der Waals surface area contributed by atoms with E-state index >= 15 is 0 Å². The van der Waals surface area contributed by atoms with E-state index in [1.165, 1.54) is 13.2 Å². The predicted molar refractivity (Wildman–Crippen MR) is 50.6 cm³/mol. The summed E-state index contributed by atoms with van der Waals surface area (Å²) in [6, 6.07) is 4.44. The molecule has 1 atom stereocenters. The van der Waals surface area contributed by atoms with Crippen LogP contribution in [-0.4, -0.2) is 36.5 Å². The van der Waals surface area contributed by atoms with Crippen molar-refractivity contribution in [3.63, 3.8) is 0 Å². The summed E-state index contributed by atoms with van der Waals surface area (Å²) in [6.07, 6.45) is -0.620. The number of aromatic nitrogens is 1. The number of pyridine rings is 1. The van der Waals surface area contributed by atoms with Crippen LogP contribution < -0.4 is 5.32 Å². The number of methoxy groups -OCH3 is 1. The number of nitrogens with one attached hydrogen (secondary N) is 1. The standard InChI is InChI=1S/C9H13FN2O2/c1-14-6-7(13)5-11-9-4-2-3-8(10)12-9/h2-4,7,13H,5-6H2,1H3,(H,11,12). The molecule has 0 saturated heterocycles. The maximum atomic E-state index is 12.6. The number of ether oxygens (including phenoxy) is 1. The summed E-state index contributed by atoms with van der Waals surface area (Å²) < 4.78 is 17.3. The number of rotatable bonds is 5. The first-order valence-electron chi connectivity index (χ1n) is 4.26. The molecule has 0 bridgehead atoms. The van der Waals surface area contributed by atoms with Crippen LogP contribution in [0.5, 0.6) is 0 Å². The number of aliphatic hydroxyl groups excluding tert-OH is 1. The first-order valence-corrected chi connectivity index (χ1v) is 4.26. The van der Waals surface area contributed by atoms with Crippen molar-refractivity contribution in [1.29, 1.82) is 0 Å². The highest BCUT2D eigenvalue weighted by molar-refractivity contribution is 5.33. The SMILES string of the molecule is COCC(O)CNc1cccc(F)n1. The Bertz CT molecular complexity index is 283. The molecule has 5 heteroatoms. The number of hydrogen-bond donors (Lipinski definition) is 2. The molecule has 0 saturated carbocycles. The van der Waals surface area contributed by atoms with E-state index in [1.54, 1.807) is 12.1 Å². The van der Waals surface area contributed by atoms with Crippen LogP contribution in [0.1, 0.15) is 0 Å². The molecule has 0 amide bonds. The Balaban J connectivity index is 2.37. The lowest BCUT2D eigenvalue weighted by Crippen LogP contribution is -2.24. The van der Waals surface area contributed by atoms with Gasteiger partial charge in [0.15, 0.2) is 0 Å². The molecule has 0 aliphatic rings. The highest BCUT2D eigenvalue weighted by Crippen LogP contribution is 2.03.